The molecule has 0 aliphatic carbocycles. The lowest BCUT2D eigenvalue weighted by molar-refractivity contribution is 0.0698. The van der Waals surface area contributed by atoms with E-state index < -0.39 is 5.97 Å². The van der Waals surface area contributed by atoms with Crippen molar-refractivity contribution in [2.75, 3.05) is 12.0 Å². The number of aryl methyl sites for hydroxylation is 1. The fraction of sp³-hybridized carbons (Fsp3) is 0.231. The van der Waals surface area contributed by atoms with Crippen molar-refractivity contribution in [1.82, 2.24) is 4.98 Å². The van der Waals surface area contributed by atoms with Crippen LogP contribution in [0.25, 0.3) is 10.9 Å². The summed E-state index contributed by atoms with van der Waals surface area (Å²) in [5.41, 5.74) is 1.94. The van der Waals surface area contributed by atoms with Gasteiger partial charge in [0.15, 0.2) is 0 Å². The van der Waals surface area contributed by atoms with Crippen LogP contribution in [0.4, 0.5) is 0 Å². The first-order valence-electron chi connectivity index (χ1n) is 5.33. The van der Waals surface area contributed by atoms with Gasteiger partial charge in [-0.05, 0) is 30.1 Å². The van der Waals surface area contributed by atoms with Crippen LogP contribution < -0.4 is 0 Å². The first-order valence-corrected chi connectivity index (χ1v) is 6.72. The molecule has 2 rings (SSSR count). The predicted octanol–water partition coefficient (Wildman–Crippen LogP) is 2.84. The largest absolute Gasteiger partial charge is 0.478 e. The highest BCUT2D eigenvalue weighted by molar-refractivity contribution is 7.98. The van der Waals surface area contributed by atoms with Crippen LogP contribution in [0.3, 0.4) is 0 Å². The van der Waals surface area contributed by atoms with E-state index in [0.717, 1.165) is 28.6 Å². The van der Waals surface area contributed by atoms with E-state index in [4.69, 9.17) is 0 Å². The quantitative estimate of drug-likeness (QED) is 0.902. The van der Waals surface area contributed by atoms with Crippen LogP contribution >= 0.6 is 11.8 Å². The van der Waals surface area contributed by atoms with Gasteiger partial charge in [-0.25, -0.2) is 4.79 Å². The van der Waals surface area contributed by atoms with Crippen molar-refractivity contribution in [3.05, 3.63) is 41.6 Å². The number of aromatic nitrogens is 1. The summed E-state index contributed by atoms with van der Waals surface area (Å²) in [5, 5.41) is 10.0. The summed E-state index contributed by atoms with van der Waals surface area (Å²) in [6.45, 7) is 0. The topological polar surface area (TPSA) is 50.2 Å². The Kier molecular flexibility index (Phi) is 3.64. The van der Waals surface area contributed by atoms with Crippen molar-refractivity contribution < 1.29 is 9.90 Å². The van der Waals surface area contributed by atoms with Crippen LogP contribution in [0.2, 0.25) is 0 Å². The third kappa shape index (κ3) is 2.42. The van der Waals surface area contributed by atoms with Crippen LogP contribution in [0.5, 0.6) is 0 Å². The molecule has 17 heavy (non-hydrogen) atoms. The average molecular weight is 247 g/mol. The molecule has 0 saturated carbocycles. The maximum absolute atomic E-state index is 11.4. The van der Waals surface area contributed by atoms with Gasteiger partial charge in [0.2, 0.25) is 0 Å². The summed E-state index contributed by atoms with van der Waals surface area (Å²) in [6, 6.07) is 7.35. The summed E-state index contributed by atoms with van der Waals surface area (Å²) in [4.78, 5) is 15.7. The van der Waals surface area contributed by atoms with E-state index in [9.17, 15) is 9.90 Å². The number of carboxylic acids is 1. The summed E-state index contributed by atoms with van der Waals surface area (Å²) in [6.07, 6.45) is 4.43. The van der Waals surface area contributed by atoms with Crippen LogP contribution in [0, 0.1) is 0 Å². The SMILES string of the molecule is CSCCc1cnc2ccccc2c1C(=O)O. The van der Waals surface area contributed by atoms with Gasteiger partial charge in [-0.15, -0.1) is 0 Å². The van der Waals surface area contributed by atoms with Crippen molar-refractivity contribution in [2.45, 2.75) is 6.42 Å². The zero-order valence-corrected chi connectivity index (χ0v) is 10.3. The molecule has 0 fully saturated rings. The van der Waals surface area contributed by atoms with Gasteiger partial charge in [0, 0.05) is 11.6 Å². The molecular weight excluding hydrogens is 234 g/mol. The Morgan fingerprint density at radius 3 is 2.88 bits per heavy atom. The Balaban J connectivity index is 2.60. The molecule has 0 saturated heterocycles. The number of rotatable bonds is 4. The molecular formula is C13H13NO2S. The van der Waals surface area contributed by atoms with Gasteiger partial charge >= 0.3 is 5.97 Å². The first kappa shape index (κ1) is 11.9. The van der Waals surface area contributed by atoms with Crippen molar-refractivity contribution in [2.24, 2.45) is 0 Å². The Morgan fingerprint density at radius 2 is 2.18 bits per heavy atom. The Bertz CT molecular complexity index is 554. The van der Waals surface area contributed by atoms with Crippen molar-refractivity contribution in [1.29, 1.82) is 0 Å². The minimum atomic E-state index is -0.875. The van der Waals surface area contributed by atoms with Gasteiger partial charge in [-0.2, -0.15) is 11.8 Å². The lowest BCUT2D eigenvalue weighted by Crippen LogP contribution is -2.05. The number of para-hydroxylation sites is 1. The van der Waals surface area contributed by atoms with Gasteiger partial charge in [-0.3, -0.25) is 4.98 Å². The highest BCUT2D eigenvalue weighted by atomic mass is 32.2. The number of hydrogen-bond acceptors (Lipinski definition) is 3. The van der Waals surface area contributed by atoms with Crippen LogP contribution in [-0.2, 0) is 6.42 Å². The predicted molar refractivity (Wildman–Crippen MR) is 70.8 cm³/mol. The van der Waals surface area contributed by atoms with Gasteiger partial charge in [0.05, 0.1) is 11.1 Å². The number of nitrogens with zero attached hydrogens (tertiary/aromatic N) is 1. The van der Waals surface area contributed by atoms with Gasteiger partial charge in [0.25, 0.3) is 0 Å². The van der Waals surface area contributed by atoms with E-state index in [1.807, 2.05) is 30.5 Å². The number of fused-ring (bicyclic) bond motifs is 1. The standard InChI is InChI=1S/C13H13NO2S/c1-17-7-6-9-8-14-11-5-3-2-4-10(11)12(9)13(15)16/h2-5,8H,6-7H2,1H3,(H,15,16). The fourth-order valence-electron chi connectivity index (χ4n) is 1.84. The fourth-order valence-corrected chi connectivity index (χ4v) is 2.26. The smallest absolute Gasteiger partial charge is 0.336 e. The van der Waals surface area contributed by atoms with Crippen molar-refractivity contribution >= 4 is 28.6 Å². The molecule has 0 bridgehead atoms. The number of carboxylic acid groups (broad SMARTS) is 1. The molecule has 88 valence electrons. The maximum atomic E-state index is 11.4. The zero-order valence-electron chi connectivity index (χ0n) is 9.51. The molecule has 2 aromatic rings. The molecule has 0 aliphatic rings. The molecule has 1 aromatic heterocycles. The Morgan fingerprint density at radius 1 is 1.41 bits per heavy atom. The number of pyridine rings is 1. The number of benzene rings is 1. The van der Waals surface area contributed by atoms with E-state index in [-0.39, 0.29) is 0 Å². The molecule has 3 nitrogen and oxygen atoms in total. The number of aromatic carboxylic acids is 1. The molecule has 1 N–H and O–H groups in total. The molecule has 1 heterocycles. The third-order valence-electron chi connectivity index (χ3n) is 2.64. The second kappa shape index (κ2) is 5.19. The lowest BCUT2D eigenvalue weighted by Gasteiger charge is -2.08. The van der Waals surface area contributed by atoms with E-state index >= 15 is 0 Å². The van der Waals surface area contributed by atoms with E-state index in [2.05, 4.69) is 4.98 Å². The lowest BCUT2D eigenvalue weighted by atomic mass is 10.0. The normalized spacial score (nSPS) is 10.6. The maximum Gasteiger partial charge on any atom is 0.336 e. The van der Waals surface area contributed by atoms with Gasteiger partial charge < -0.3 is 5.11 Å². The minimum absolute atomic E-state index is 0.393. The summed E-state index contributed by atoms with van der Waals surface area (Å²) < 4.78 is 0. The van der Waals surface area contributed by atoms with Crippen molar-refractivity contribution in [3.8, 4) is 0 Å². The van der Waals surface area contributed by atoms with E-state index in [0.29, 0.717) is 5.56 Å². The molecule has 0 radical (unpaired) electrons. The molecule has 1 aromatic carbocycles. The highest BCUT2D eigenvalue weighted by Gasteiger charge is 2.14. The molecule has 0 amide bonds. The number of thioether (sulfide) groups is 1. The Hall–Kier alpha value is -1.55. The van der Waals surface area contributed by atoms with E-state index in [1.165, 1.54) is 0 Å². The second-order valence-electron chi connectivity index (χ2n) is 3.72. The van der Waals surface area contributed by atoms with Gasteiger partial charge in [-0.1, -0.05) is 18.2 Å². The summed E-state index contributed by atoms with van der Waals surface area (Å²) in [5.74, 6) is 0.0278. The van der Waals surface area contributed by atoms with Crippen LogP contribution in [-0.4, -0.2) is 28.1 Å². The molecule has 0 atom stereocenters. The first-order chi connectivity index (χ1) is 8.24. The summed E-state index contributed by atoms with van der Waals surface area (Å²) in [7, 11) is 0. The molecule has 0 unspecified atom stereocenters. The van der Waals surface area contributed by atoms with E-state index in [1.54, 1.807) is 18.0 Å². The third-order valence-corrected chi connectivity index (χ3v) is 3.26. The van der Waals surface area contributed by atoms with Crippen LogP contribution in [0.1, 0.15) is 15.9 Å². The summed E-state index contributed by atoms with van der Waals surface area (Å²) >= 11 is 1.70. The van der Waals surface area contributed by atoms with Gasteiger partial charge in [0.1, 0.15) is 0 Å². The zero-order chi connectivity index (χ0) is 12.3. The number of hydrogen-bond donors (Lipinski definition) is 1. The van der Waals surface area contributed by atoms with Crippen LogP contribution in [0.15, 0.2) is 30.5 Å². The molecule has 0 aliphatic heterocycles. The highest BCUT2D eigenvalue weighted by Crippen LogP contribution is 2.21. The molecule has 0 spiro atoms. The second-order valence-corrected chi connectivity index (χ2v) is 4.71. The molecule has 4 heteroatoms. The number of carbonyl (C=O) groups is 1. The average Bonchev–Trinajstić information content (AvgIpc) is 2.35. The Labute approximate surface area is 104 Å². The monoisotopic (exact) mass is 247 g/mol. The minimum Gasteiger partial charge on any atom is -0.478 e. The van der Waals surface area contributed by atoms with Crippen molar-refractivity contribution in [3.63, 3.8) is 0 Å².